The van der Waals surface area contributed by atoms with Gasteiger partial charge in [-0.1, -0.05) is 25.1 Å². The van der Waals surface area contributed by atoms with E-state index < -0.39 is 11.9 Å². The molecular formula is C30H21FN2O5. The number of fused-ring (bicyclic) bond motifs is 1. The van der Waals surface area contributed by atoms with Crippen LogP contribution in [-0.4, -0.2) is 27.8 Å². The maximum Gasteiger partial charge on any atom is 0.337 e. The zero-order chi connectivity index (χ0) is 26.8. The molecule has 7 nitrogen and oxygen atoms in total. The molecule has 0 spiro atoms. The van der Waals surface area contributed by atoms with Crippen molar-refractivity contribution in [2.24, 2.45) is 0 Å². The van der Waals surface area contributed by atoms with E-state index in [1.54, 1.807) is 43.3 Å². The van der Waals surface area contributed by atoms with Crippen LogP contribution >= 0.6 is 0 Å². The summed E-state index contributed by atoms with van der Waals surface area (Å²) in [6, 6.07) is 19.5. The van der Waals surface area contributed by atoms with Crippen molar-refractivity contribution in [3.8, 4) is 22.5 Å². The molecule has 38 heavy (non-hydrogen) atoms. The molecule has 1 amide bonds. The lowest BCUT2D eigenvalue weighted by molar-refractivity contribution is 0.0695. The average molecular weight is 509 g/mol. The number of hydrogen-bond donors (Lipinski definition) is 2. The van der Waals surface area contributed by atoms with E-state index >= 15 is 0 Å². The summed E-state index contributed by atoms with van der Waals surface area (Å²) in [6.45, 7) is 1.77. The van der Waals surface area contributed by atoms with Crippen molar-refractivity contribution in [1.82, 2.24) is 4.98 Å². The molecule has 8 heteroatoms. The number of carbonyl (C=O) groups excluding carboxylic acids is 2. The highest BCUT2D eigenvalue weighted by Gasteiger charge is 2.22. The number of benzene rings is 3. The van der Waals surface area contributed by atoms with E-state index in [9.17, 15) is 18.8 Å². The lowest BCUT2D eigenvalue weighted by atomic mass is 9.97. The second kappa shape index (κ2) is 10.1. The molecule has 0 radical (unpaired) electrons. The van der Waals surface area contributed by atoms with Gasteiger partial charge in [0.1, 0.15) is 17.2 Å². The maximum absolute atomic E-state index is 13.5. The topological polar surface area (TPSA) is 110 Å². The van der Waals surface area contributed by atoms with Crippen LogP contribution in [0, 0.1) is 5.82 Å². The Morgan fingerprint density at radius 2 is 1.63 bits per heavy atom. The van der Waals surface area contributed by atoms with Crippen molar-refractivity contribution in [1.29, 1.82) is 0 Å². The number of carbonyl (C=O) groups is 3. The number of amides is 1. The van der Waals surface area contributed by atoms with Gasteiger partial charge in [0, 0.05) is 29.1 Å². The Balaban J connectivity index is 1.51. The molecule has 0 saturated heterocycles. The number of halogens is 1. The molecule has 0 unspecified atom stereocenters. The summed E-state index contributed by atoms with van der Waals surface area (Å²) in [5.74, 6) is -1.68. The molecule has 2 heterocycles. The van der Waals surface area contributed by atoms with Gasteiger partial charge >= 0.3 is 5.97 Å². The van der Waals surface area contributed by atoms with Crippen LogP contribution in [0.25, 0.3) is 33.4 Å². The zero-order valence-corrected chi connectivity index (χ0v) is 20.2. The second-order valence-corrected chi connectivity index (χ2v) is 8.60. The normalized spacial score (nSPS) is 10.9. The highest BCUT2D eigenvalue weighted by Crippen LogP contribution is 2.37. The number of anilines is 1. The standard InChI is InChI=1S/C30H21FN2O5/c1-2-25(34)27-24-14-19(8-11-26(24)38-28(27)17-6-9-22(31)10-7-17)18-4-3-5-20(12-18)29(35)33-23-13-21(30(36)37)15-32-16-23/h3-16H,2H2,1H3,(H,33,35)(H,36,37). The van der Waals surface area contributed by atoms with Gasteiger partial charge in [0.15, 0.2) is 5.78 Å². The van der Waals surface area contributed by atoms with E-state index in [1.165, 1.54) is 30.6 Å². The summed E-state index contributed by atoms with van der Waals surface area (Å²) < 4.78 is 19.5. The Bertz CT molecular complexity index is 1710. The van der Waals surface area contributed by atoms with Crippen LogP contribution in [0.5, 0.6) is 0 Å². The van der Waals surface area contributed by atoms with Gasteiger partial charge in [-0.2, -0.15) is 0 Å². The maximum atomic E-state index is 13.5. The van der Waals surface area contributed by atoms with Crippen LogP contribution in [0.15, 0.2) is 89.6 Å². The predicted molar refractivity (Wildman–Crippen MR) is 141 cm³/mol. The number of carboxylic acids is 1. The van der Waals surface area contributed by atoms with Gasteiger partial charge in [-0.15, -0.1) is 0 Å². The quantitative estimate of drug-likeness (QED) is 0.233. The third kappa shape index (κ3) is 4.79. The van der Waals surface area contributed by atoms with Crippen LogP contribution in [-0.2, 0) is 0 Å². The highest BCUT2D eigenvalue weighted by molar-refractivity contribution is 6.13. The number of furan rings is 1. The van der Waals surface area contributed by atoms with Gasteiger partial charge in [0.05, 0.1) is 23.0 Å². The lowest BCUT2D eigenvalue weighted by Gasteiger charge is -2.08. The summed E-state index contributed by atoms with van der Waals surface area (Å²) in [5, 5.41) is 12.4. The highest BCUT2D eigenvalue weighted by atomic mass is 19.1. The van der Waals surface area contributed by atoms with Crippen molar-refractivity contribution in [2.75, 3.05) is 5.32 Å². The summed E-state index contributed by atoms with van der Waals surface area (Å²) in [6.07, 6.45) is 2.83. The number of rotatable bonds is 7. The molecule has 0 saturated carbocycles. The summed E-state index contributed by atoms with van der Waals surface area (Å²) in [7, 11) is 0. The van der Waals surface area contributed by atoms with Gasteiger partial charge in [0.25, 0.3) is 5.91 Å². The van der Waals surface area contributed by atoms with Crippen LogP contribution in [0.1, 0.15) is 44.4 Å². The van der Waals surface area contributed by atoms with Gasteiger partial charge in [0.2, 0.25) is 0 Å². The van der Waals surface area contributed by atoms with E-state index in [1.807, 2.05) is 18.2 Å². The number of aromatic nitrogens is 1. The molecule has 5 aromatic rings. The van der Waals surface area contributed by atoms with E-state index in [2.05, 4.69) is 10.3 Å². The van der Waals surface area contributed by atoms with Gasteiger partial charge < -0.3 is 14.8 Å². The van der Waals surface area contributed by atoms with Crippen molar-refractivity contribution in [2.45, 2.75) is 13.3 Å². The molecule has 2 aromatic heterocycles. The Morgan fingerprint density at radius 3 is 2.37 bits per heavy atom. The molecule has 5 rings (SSSR count). The first-order chi connectivity index (χ1) is 18.3. The van der Waals surface area contributed by atoms with Crippen LogP contribution in [0.4, 0.5) is 10.1 Å². The van der Waals surface area contributed by atoms with Crippen molar-refractivity contribution in [3.05, 3.63) is 108 Å². The zero-order valence-electron chi connectivity index (χ0n) is 20.2. The first-order valence-electron chi connectivity index (χ1n) is 11.8. The first-order valence-corrected chi connectivity index (χ1v) is 11.8. The second-order valence-electron chi connectivity index (χ2n) is 8.60. The van der Waals surface area contributed by atoms with Crippen molar-refractivity contribution >= 4 is 34.3 Å². The third-order valence-electron chi connectivity index (χ3n) is 6.10. The summed E-state index contributed by atoms with van der Waals surface area (Å²) in [4.78, 5) is 40.9. The lowest BCUT2D eigenvalue weighted by Crippen LogP contribution is -2.12. The van der Waals surface area contributed by atoms with Gasteiger partial charge in [-0.25, -0.2) is 9.18 Å². The monoisotopic (exact) mass is 508 g/mol. The van der Waals surface area contributed by atoms with E-state index in [4.69, 9.17) is 9.52 Å². The number of nitrogens with zero attached hydrogens (tertiary/aromatic N) is 1. The number of hydrogen-bond acceptors (Lipinski definition) is 5. The van der Waals surface area contributed by atoms with Gasteiger partial charge in [-0.05, 0) is 65.7 Å². The minimum absolute atomic E-state index is 0.0394. The fourth-order valence-corrected chi connectivity index (χ4v) is 4.20. The Hall–Kier alpha value is -5.11. The number of carboxylic acid groups (broad SMARTS) is 1. The largest absolute Gasteiger partial charge is 0.478 e. The molecule has 0 aliphatic rings. The molecule has 0 fully saturated rings. The minimum Gasteiger partial charge on any atom is -0.478 e. The molecule has 0 bridgehead atoms. The number of ketones is 1. The molecular weight excluding hydrogens is 487 g/mol. The van der Waals surface area contributed by atoms with Crippen LogP contribution < -0.4 is 5.32 Å². The Labute approximate surface area is 216 Å². The molecule has 0 aliphatic carbocycles. The van der Waals surface area contributed by atoms with Crippen molar-refractivity contribution < 1.29 is 28.3 Å². The van der Waals surface area contributed by atoms with Crippen LogP contribution in [0.2, 0.25) is 0 Å². The molecule has 0 atom stereocenters. The Kier molecular flexibility index (Phi) is 6.53. The van der Waals surface area contributed by atoms with E-state index in [-0.39, 0.29) is 29.3 Å². The van der Waals surface area contributed by atoms with Crippen molar-refractivity contribution in [3.63, 3.8) is 0 Å². The fraction of sp³-hybridized carbons (Fsp3) is 0.0667. The number of pyridine rings is 1. The predicted octanol–water partition coefficient (Wildman–Crippen LogP) is 6.84. The number of nitrogens with one attached hydrogen (secondary N) is 1. The Morgan fingerprint density at radius 1 is 0.895 bits per heavy atom. The average Bonchev–Trinajstić information content (AvgIpc) is 3.32. The first kappa shape index (κ1) is 24.6. The minimum atomic E-state index is -1.14. The SMILES string of the molecule is CCC(=O)c1c(-c2ccc(F)cc2)oc2ccc(-c3cccc(C(=O)Nc4cncc(C(=O)O)c4)c3)cc12. The summed E-state index contributed by atoms with van der Waals surface area (Å²) >= 11 is 0. The molecule has 2 N–H and O–H groups in total. The summed E-state index contributed by atoms with van der Waals surface area (Å²) in [5.41, 5.74) is 3.61. The van der Waals surface area contributed by atoms with Crippen LogP contribution in [0.3, 0.4) is 0 Å². The van der Waals surface area contributed by atoms with E-state index in [0.717, 1.165) is 11.1 Å². The number of aromatic carboxylic acids is 1. The van der Waals surface area contributed by atoms with Gasteiger partial charge in [-0.3, -0.25) is 14.6 Å². The molecule has 0 aliphatic heterocycles. The fourth-order valence-electron chi connectivity index (χ4n) is 4.20. The smallest absolute Gasteiger partial charge is 0.337 e. The molecule has 3 aromatic carbocycles. The van der Waals surface area contributed by atoms with E-state index in [0.29, 0.717) is 33.4 Å². The molecule has 188 valence electrons. The third-order valence-corrected chi connectivity index (χ3v) is 6.10. The number of Topliss-reactive ketones (excluding diaryl/α,β-unsaturated/α-hetero) is 1.